The number of primary amides is 1. The van der Waals surface area contributed by atoms with Gasteiger partial charge in [-0.05, 0) is 6.92 Å². The number of nitrogens with zero attached hydrogens (tertiary/aromatic N) is 2. The molecule has 1 atom stereocenters. The fraction of sp³-hybridized carbons (Fsp3) is 0.500. The van der Waals surface area contributed by atoms with Crippen LogP contribution in [0.2, 0.25) is 5.15 Å². The lowest BCUT2D eigenvalue weighted by Gasteiger charge is -2.09. The van der Waals surface area contributed by atoms with Crippen LogP contribution in [0.3, 0.4) is 0 Å². The molecule has 1 unspecified atom stereocenters. The Morgan fingerprint density at radius 2 is 2.50 bits per heavy atom. The molecule has 0 aliphatic carbocycles. The highest BCUT2D eigenvalue weighted by molar-refractivity contribution is 6.29. The molecule has 0 spiro atoms. The standard InChI is InChI=1S/C8H13ClN4O/c1-5(8(10)14)11-4-7-12-3-6(9)13(7)2/h3,5,11H,4H2,1-2H3,(H2,10,14). The Kier molecular flexibility index (Phi) is 3.49. The van der Waals surface area contributed by atoms with Crippen molar-refractivity contribution in [3.63, 3.8) is 0 Å². The third kappa shape index (κ3) is 2.46. The molecular formula is C8H13ClN4O. The van der Waals surface area contributed by atoms with Crippen molar-refractivity contribution < 1.29 is 4.79 Å². The Morgan fingerprint density at radius 1 is 1.86 bits per heavy atom. The number of rotatable bonds is 4. The van der Waals surface area contributed by atoms with Crippen LogP contribution >= 0.6 is 11.6 Å². The van der Waals surface area contributed by atoms with Gasteiger partial charge < -0.3 is 10.3 Å². The molecule has 1 amide bonds. The average molecular weight is 217 g/mol. The number of carbonyl (C=O) groups is 1. The first kappa shape index (κ1) is 11.0. The molecule has 0 aromatic carbocycles. The number of carbonyl (C=O) groups excluding carboxylic acids is 1. The number of hydrogen-bond donors (Lipinski definition) is 2. The summed E-state index contributed by atoms with van der Waals surface area (Å²) in [6.45, 7) is 2.17. The fourth-order valence-electron chi connectivity index (χ4n) is 0.933. The molecule has 1 aromatic heterocycles. The molecule has 14 heavy (non-hydrogen) atoms. The van der Waals surface area contributed by atoms with Gasteiger partial charge in [0.2, 0.25) is 5.91 Å². The maximum atomic E-state index is 10.7. The Balaban J connectivity index is 2.54. The van der Waals surface area contributed by atoms with Crippen LogP contribution in [0.5, 0.6) is 0 Å². The van der Waals surface area contributed by atoms with Crippen molar-refractivity contribution in [2.75, 3.05) is 0 Å². The van der Waals surface area contributed by atoms with Gasteiger partial charge >= 0.3 is 0 Å². The number of amides is 1. The molecule has 6 heteroatoms. The van der Waals surface area contributed by atoms with Gasteiger partial charge in [0.05, 0.1) is 18.8 Å². The first-order valence-corrected chi connectivity index (χ1v) is 4.59. The predicted molar refractivity (Wildman–Crippen MR) is 53.7 cm³/mol. The lowest BCUT2D eigenvalue weighted by Crippen LogP contribution is -2.38. The van der Waals surface area contributed by atoms with Gasteiger partial charge in [-0.3, -0.25) is 10.1 Å². The molecule has 1 heterocycles. The van der Waals surface area contributed by atoms with E-state index in [1.54, 1.807) is 24.7 Å². The van der Waals surface area contributed by atoms with Crippen LogP contribution in [0.4, 0.5) is 0 Å². The first-order chi connectivity index (χ1) is 6.52. The van der Waals surface area contributed by atoms with E-state index in [0.717, 1.165) is 5.82 Å². The molecule has 1 aromatic rings. The monoisotopic (exact) mass is 216 g/mol. The highest BCUT2D eigenvalue weighted by atomic mass is 35.5. The summed E-state index contributed by atoms with van der Waals surface area (Å²) in [4.78, 5) is 14.8. The maximum Gasteiger partial charge on any atom is 0.234 e. The van der Waals surface area contributed by atoms with Crippen LogP contribution in [0.15, 0.2) is 6.20 Å². The minimum absolute atomic E-state index is 0.370. The molecule has 0 saturated heterocycles. The van der Waals surface area contributed by atoms with Crippen LogP contribution < -0.4 is 11.1 Å². The van der Waals surface area contributed by atoms with Gasteiger partial charge in [0, 0.05) is 7.05 Å². The third-order valence-corrected chi connectivity index (χ3v) is 2.37. The number of imidazole rings is 1. The van der Waals surface area contributed by atoms with Crippen LogP contribution in [-0.4, -0.2) is 21.5 Å². The number of nitrogens with two attached hydrogens (primary N) is 1. The van der Waals surface area contributed by atoms with E-state index >= 15 is 0 Å². The zero-order chi connectivity index (χ0) is 10.7. The molecule has 0 aliphatic rings. The molecule has 78 valence electrons. The molecule has 0 aliphatic heterocycles. The summed E-state index contributed by atoms with van der Waals surface area (Å²) in [6.07, 6.45) is 1.56. The lowest BCUT2D eigenvalue weighted by molar-refractivity contribution is -0.119. The van der Waals surface area contributed by atoms with Crippen LogP contribution in [0, 0.1) is 0 Å². The van der Waals surface area contributed by atoms with E-state index in [1.165, 1.54) is 0 Å². The second-order valence-electron chi connectivity index (χ2n) is 3.06. The maximum absolute atomic E-state index is 10.7. The summed E-state index contributed by atoms with van der Waals surface area (Å²) >= 11 is 5.79. The molecule has 0 bridgehead atoms. The second kappa shape index (κ2) is 4.43. The van der Waals surface area contributed by atoms with Crippen LogP contribution in [-0.2, 0) is 18.4 Å². The quantitative estimate of drug-likeness (QED) is 0.746. The van der Waals surface area contributed by atoms with Crippen molar-refractivity contribution in [3.05, 3.63) is 17.2 Å². The first-order valence-electron chi connectivity index (χ1n) is 4.21. The summed E-state index contributed by atoms with van der Waals surface area (Å²) in [5.74, 6) is 0.383. The van der Waals surface area contributed by atoms with Crippen molar-refractivity contribution >= 4 is 17.5 Å². The molecule has 5 nitrogen and oxygen atoms in total. The van der Waals surface area contributed by atoms with E-state index in [0.29, 0.717) is 11.7 Å². The van der Waals surface area contributed by atoms with Crippen molar-refractivity contribution in [3.8, 4) is 0 Å². The van der Waals surface area contributed by atoms with E-state index in [-0.39, 0.29) is 11.9 Å². The highest BCUT2D eigenvalue weighted by Crippen LogP contribution is 2.08. The molecule has 1 rings (SSSR count). The molecule has 0 saturated carbocycles. The zero-order valence-corrected chi connectivity index (χ0v) is 8.88. The summed E-state index contributed by atoms with van der Waals surface area (Å²) in [6, 6.07) is -0.370. The van der Waals surface area contributed by atoms with Gasteiger partial charge in [-0.2, -0.15) is 0 Å². The van der Waals surface area contributed by atoms with Gasteiger partial charge in [0.15, 0.2) is 0 Å². The van der Waals surface area contributed by atoms with E-state index in [1.807, 2.05) is 0 Å². The van der Waals surface area contributed by atoms with E-state index in [2.05, 4.69) is 10.3 Å². The average Bonchev–Trinajstić information content (AvgIpc) is 2.44. The van der Waals surface area contributed by atoms with Crippen molar-refractivity contribution in [2.45, 2.75) is 19.5 Å². The third-order valence-electron chi connectivity index (χ3n) is 2.02. The van der Waals surface area contributed by atoms with Gasteiger partial charge in [0.25, 0.3) is 0 Å². The topological polar surface area (TPSA) is 72.9 Å². The minimum atomic E-state index is -0.384. The van der Waals surface area contributed by atoms with Gasteiger partial charge in [-0.15, -0.1) is 0 Å². The van der Waals surface area contributed by atoms with Gasteiger partial charge in [-0.1, -0.05) is 11.6 Å². The van der Waals surface area contributed by atoms with E-state index < -0.39 is 0 Å². The molecule has 0 radical (unpaired) electrons. The summed E-state index contributed by atoms with van der Waals surface area (Å²) in [5, 5.41) is 3.50. The Morgan fingerprint density at radius 3 is 2.93 bits per heavy atom. The second-order valence-corrected chi connectivity index (χ2v) is 3.45. The number of aromatic nitrogens is 2. The fourth-order valence-corrected chi connectivity index (χ4v) is 1.08. The van der Waals surface area contributed by atoms with Crippen molar-refractivity contribution in [2.24, 2.45) is 12.8 Å². The highest BCUT2D eigenvalue weighted by Gasteiger charge is 2.09. The smallest absolute Gasteiger partial charge is 0.234 e. The summed E-state index contributed by atoms with van der Waals surface area (Å²) in [5.41, 5.74) is 5.09. The van der Waals surface area contributed by atoms with Crippen molar-refractivity contribution in [1.82, 2.24) is 14.9 Å². The van der Waals surface area contributed by atoms with E-state index in [9.17, 15) is 4.79 Å². The number of hydrogen-bond acceptors (Lipinski definition) is 3. The SMILES string of the molecule is CC(NCc1ncc(Cl)n1C)C(N)=O. The number of nitrogens with one attached hydrogen (secondary N) is 1. The van der Waals surface area contributed by atoms with Gasteiger partial charge in [-0.25, -0.2) is 4.98 Å². The van der Waals surface area contributed by atoms with Crippen LogP contribution in [0.1, 0.15) is 12.7 Å². The molecular weight excluding hydrogens is 204 g/mol. The number of halogens is 1. The summed E-state index contributed by atoms with van der Waals surface area (Å²) in [7, 11) is 1.81. The zero-order valence-electron chi connectivity index (χ0n) is 8.12. The van der Waals surface area contributed by atoms with Gasteiger partial charge in [0.1, 0.15) is 11.0 Å². The van der Waals surface area contributed by atoms with E-state index in [4.69, 9.17) is 17.3 Å². The Bertz CT molecular complexity index is 336. The summed E-state index contributed by atoms with van der Waals surface area (Å²) < 4.78 is 1.74. The Labute approximate surface area is 87.2 Å². The molecule has 3 N–H and O–H groups in total. The Hall–Kier alpha value is -1.07. The normalized spacial score (nSPS) is 12.8. The molecule has 0 fully saturated rings. The predicted octanol–water partition coefficient (Wildman–Crippen LogP) is 0.0369. The van der Waals surface area contributed by atoms with Crippen molar-refractivity contribution in [1.29, 1.82) is 0 Å². The largest absolute Gasteiger partial charge is 0.368 e. The lowest BCUT2D eigenvalue weighted by atomic mass is 10.3. The minimum Gasteiger partial charge on any atom is -0.368 e. The van der Waals surface area contributed by atoms with Crippen LogP contribution in [0.25, 0.3) is 0 Å².